The van der Waals surface area contributed by atoms with Crippen LogP contribution in [0.3, 0.4) is 0 Å². The fraction of sp³-hybridized carbons (Fsp3) is 0.350. The molecular weight excluding hydrogens is 312 g/mol. The molecule has 1 aliphatic heterocycles. The summed E-state index contributed by atoms with van der Waals surface area (Å²) in [4.78, 5) is 14.9. The smallest absolute Gasteiger partial charge is 0.255 e. The van der Waals surface area contributed by atoms with Crippen LogP contribution in [0, 0.1) is 0 Å². The van der Waals surface area contributed by atoms with Crippen molar-refractivity contribution in [2.24, 2.45) is 0 Å². The Bertz CT molecular complexity index is 755. The SMILES string of the molecule is Nc1ccccc1NC(=O)c1ccc(NC2CCN(C3CC3)C2)cc1. The molecule has 1 unspecified atom stereocenters. The summed E-state index contributed by atoms with van der Waals surface area (Å²) >= 11 is 0. The molecule has 0 radical (unpaired) electrons. The van der Waals surface area contributed by atoms with Gasteiger partial charge in [0, 0.05) is 36.4 Å². The highest BCUT2D eigenvalue weighted by Gasteiger charge is 2.34. The van der Waals surface area contributed by atoms with E-state index in [1.54, 1.807) is 12.1 Å². The number of carbonyl (C=O) groups excluding carboxylic acids is 1. The first-order chi connectivity index (χ1) is 12.2. The lowest BCUT2D eigenvalue weighted by Gasteiger charge is -2.17. The number of hydrogen-bond acceptors (Lipinski definition) is 4. The molecule has 2 aromatic rings. The zero-order valence-electron chi connectivity index (χ0n) is 14.2. The summed E-state index contributed by atoms with van der Waals surface area (Å²) in [5, 5.41) is 6.44. The first-order valence-corrected chi connectivity index (χ1v) is 8.95. The van der Waals surface area contributed by atoms with Crippen molar-refractivity contribution in [3.63, 3.8) is 0 Å². The zero-order chi connectivity index (χ0) is 17.2. The van der Waals surface area contributed by atoms with Gasteiger partial charge in [-0.1, -0.05) is 12.1 Å². The molecule has 0 spiro atoms. The molecule has 2 fully saturated rings. The molecule has 4 N–H and O–H groups in total. The Balaban J connectivity index is 1.35. The maximum atomic E-state index is 12.4. The number of rotatable bonds is 5. The molecule has 4 rings (SSSR count). The van der Waals surface area contributed by atoms with E-state index in [-0.39, 0.29) is 5.91 Å². The lowest BCUT2D eigenvalue weighted by Crippen LogP contribution is -2.27. The minimum atomic E-state index is -0.148. The Morgan fingerprint density at radius 2 is 1.80 bits per heavy atom. The first-order valence-electron chi connectivity index (χ1n) is 8.95. The summed E-state index contributed by atoms with van der Waals surface area (Å²) in [6.07, 6.45) is 3.91. The summed E-state index contributed by atoms with van der Waals surface area (Å²) in [6.45, 7) is 2.32. The van der Waals surface area contributed by atoms with Crippen LogP contribution in [0.15, 0.2) is 48.5 Å². The van der Waals surface area contributed by atoms with Crippen molar-refractivity contribution in [1.82, 2.24) is 4.90 Å². The van der Waals surface area contributed by atoms with Gasteiger partial charge in [-0.15, -0.1) is 0 Å². The standard InChI is InChI=1S/C20H24N4O/c21-18-3-1-2-4-19(18)23-20(25)14-5-7-15(8-6-14)22-16-11-12-24(13-16)17-9-10-17/h1-8,16-17,22H,9-13,21H2,(H,23,25). The quantitative estimate of drug-likeness (QED) is 0.734. The van der Waals surface area contributed by atoms with Crippen LogP contribution < -0.4 is 16.4 Å². The zero-order valence-corrected chi connectivity index (χ0v) is 14.2. The highest BCUT2D eigenvalue weighted by molar-refractivity contribution is 6.05. The van der Waals surface area contributed by atoms with Crippen molar-refractivity contribution < 1.29 is 4.79 Å². The van der Waals surface area contributed by atoms with E-state index < -0.39 is 0 Å². The summed E-state index contributed by atoms with van der Waals surface area (Å²) < 4.78 is 0. The van der Waals surface area contributed by atoms with E-state index in [0.717, 1.165) is 18.3 Å². The number of nitrogens with zero attached hydrogens (tertiary/aromatic N) is 1. The average Bonchev–Trinajstić information content (AvgIpc) is 3.37. The molecule has 1 amide bonds. The number of amides is 1. The Kier molecular flexibility index (Phi) is 4.32. The lowest BCUT2D eigenvalue weighted by molar-refractivity contribution is 0.102. The van der Waals surface area contributed by atoms with Gasteiger partial charge >= 0.3 is 0 Å². The van der Waals surface area contributed by atoms with Gasteiger partial charge in [-0.3, -0.25) is 9.69 Å². The summed E-state index contributed by atoms with van der Waals surface area (Å²) in [7, 11) is 0. The van der Waals surface area contributed by atoms with Gasteiger partial charge in [-0.25, -0.2) is 0 Å². The number of nitrogens with one attached hydrogen (secondary N) is 2. The molecule has 1 atom stereocenters. The maximum Gasteiger partial charge on any atom is 0.255 e. The number of anilines is 3. The molecule has 0 aromatic heterocycles. The van der Waals surface area contributed by atoms with Crippen LogP contribution in [0.4, 0.5) is 17.1 Å². The van der Waals surface area contributed by atoms with Crippen LogP contribution >= 0.6 is 0 Å². The van der Waals surface area contributed by atoms with Crippen LogP contribution in [0.2, 0.25) is 0 Å². The number of para-hydroxylation sites is 2. The molecule has 1 aliphatic carbocycles. The molecule has 2 aromatic carbocycles. The van der Waals surface area contributed by atoms with Gasteiger partial charge in [0.1, 0.15) is 0 Å². The van der Waals surface area contributed by atoms with E-state index in [4.69, 9.17) is 5.73 Å². The largest absolute Gasteiger partial charge is 0.397 e. The third kappa shape index (κ3) is 3.77. The number of nitrogen functional groups attached to an aromatic ring is 1. The molecular formula is C20H24N4O. The van der Waals surface area contributed by atoms with E-state index in [9.17, 15) is 4.79 Å². The number of carbonyl (C=O) groups is 1. The third-order valence-electron chi connectivity index (χ3n) is 5.01. The fourth-order valence-corrected chi connectivity index (χ4v) is 3.44. The summed E-state index contributed by atoms with van der Waals surface area (Å²) in [5.74, 6) is -0.148. The Labute approximate surface area is 148 Å². The molecule has 5 heteroatoms. The van der Waals surface area contributed by atoms with E-state index in [0.29, 0.717) is 23.0 Å². The van der Waals surface area contributed by atoms with E-state index in [1.807, 2.05) is 36.4 Å². The molecule has 1 heterocycles. The van der Waals surface area contributed by atoms with Gasteiger partial charge in [-0.05, 0) is 55.7 Å². The van der Waals surface area contributed by atoms with Crippen LogP contribution in [0.25, 0.3) is 0 Å². The molecule has 0 bridgehead atoms. The number of likely N-dealkylation sites (tertiary alicyclic amines) is 1. The van der Waals surface area contributed by atoms with E-state index >= 15 is 0 Å². The Morgan fingerprint density at radius 1 is 1.04 bits per heavy atom. The monoisotopic (exact) mass is 336 g/mol. The number of benzene rings is 2. The van der Waals surface area contributed by atoms with Gasteiger partial charge in [0.25, 0.3) is 5.91 Å². The Hall–Kier alpha value is -2.53. The van der Waals surface area contributed by atoms with Gasteiger partial charge in [0.05, 0.1) is 11.4 Å². The van der Waals surface area contributed by atoms with Crippen molar-refractivity contribution >= 4 is 23.0 Å². The molecule has 5 nitrogen and oxygen atoms in total. The minimum absolute atomic E-state index is 0.148. The van der Waals surface area contributed by atoms with Crippen molar-refractivity contribution in [3.05, 3.63) is 54.1 Å². The topological polar surface area (TPSA) is 70.4 Å². The Morgan fingerprint density at radius 3 is 2.52 bits per heavy atom. The first kappa shape index (κ1) is 16.0. The van der Waals surface area contributed by atoms with Gasteiger partial charge in [-0.2, -0.15) is 0 Å². The molecule has 1 saturated heterocycles. The second kappa shape index (κ2) is 6.76. The third-order valence-corrected chi connectivity index (χ3v) is 5.01. The van der Waals surface area contributed by atoms with Crippen LogP contribution in [0.1, 0.15) is 29.6 Å². The molecule has 25 heavy (non-hydrogen) atoms. The van der Waals surface area contributed by atoms with Crippen molar-refractivity contribution in [3.8, 4) is 0 Å². The normalized spacial score (nSPS) is 20.4. The van der Waals surface area contributed by atoms with Gasteiger partial charge in [0.15, 0.2) is 0 Å². The highest BCUT2D eigenvalue weighted by atomic mass is 16.1. The number of hydrogen-bond donors (Lipinski definition) is 3. The van der Waals surface area contributed by atoms with Crippen molar-refractivity contribution in [1.29, 1.82) is 0 Å². The summed E-state index contributed by atoms with van der Waals surface area (Å²) in [6, 6.07) is 16.3. The molecule has 130 valence electrons. The van der Waals surface area contributed by atoms with Crippen LogP contribution in [-0.2, 0) is 0 Å². The van der Waals surface area contributed by atoms with Crippen LogP contribution in [-0.4, -0.2) is 36.0 Å². The minimum Gasteiger partial charge on any atom is -0.397 e. The van der Waals surface area contributed by atoms with Crippen LogP contribution in [0.5, 0.6) is 0 Å². The van der Waals surface area contributed by atoms with Crippen molar-refractivity contribution in [2.75, 3.05) is 29.5 Å². The summed E-state index contributed by atoms with van der Waals surface area (Å²) in [5.41, 5.74) is 8.77. The van der Waals surface area contributed by atoms with Crippen molar-refractivity contribution in [2.45, 2.75) is 31.3 Å². The van der Waals surface area contributed by atoms with Gasteiger partial charge in [0.2, 0.25) is 0 Å². The predicted molar refractivity (Wildman–Crippen MR) is 102 cm³/mol. The fourth-order valence-electron chi connectivity index (χ4n) is 3.44. The maximum absolute atomic E-state index is 12.4. The number of nitrogens with two attached hydrogens (primary N) is 1. The second-order valence-electron chi connectivity index (χ2n) is 6.97. The van der Waals surface area contributed by atoms with Gasteiger partial charge < -0.3 is 16.4 Å². The second-order valence-corrected chi connectivity index (χ2v) is 6.97. The molecule has 2 aliphatic rings. The van der Waals surface area contributed by atoms with E-state index in [2.05, 4.69) is 15.5 Å². The highest BCUT2D eigenvalue weighted by Crippen LogP contribution is 2.30. The molecule has 1 saturated carbocycles. The predicted octanol–water partition coefficient (Wildman–Crippen LogP) is 3.17. The average molecular weight is 336 g/mol. The lowest BCUT2D eigenvalue weighted by atomic mass is 10.1. The van der Waals surface area contributed by atoms with E-state index in [1.165, 1.54) is 25.8 Å².